The van der Waals surface area contributed by atoms with Crippen LogP contribution >= 0.6 is 0 Å². The molecule has 1 aliphatic carbocycles. The Bertz CT molecular complexity index is 1310. The van der Waals surface area contributed by atoms with Crippen LogP contribution in [-0.4, -0.2) is 18.3 Å². The summed E-state index contributed by atoms with van der Waals surface area (Å²) in [5, 5.41) is 0. The van der Waals surface area contributed by atoms with Gasteiger partial charge in [-0.3, -0.25) is 0 Å². The molecule has 2 heteroatoms. The van der Waals surface area contributed by atoms with E-state index in [2.05, 4.69) is 145 Å². The lowest BCUT2D eigenvalue weighted by atomic mass is 9.81. The quantitative estimate of drug-likeness (QED) is 0.191. The Morgan fingerprint density at radius 2 is 1.05 bits per heavy atom. The van der Waals surface area contributed by atoms with Crippen molar-refractivity contribution in [2.45, 2.75) is 77.4 Å². The molecule has 0 aromatic heterocycles. The standard InChI is InChI=1S/C38H44O2/c1-26(2)39-25-34-24-38(34,6)40-37-35(28(4)31-18-12-8-13-19-31)22-33(27(3)30-16-10-7-11-17-30)23-36(37)29(5)32-20-14-9-15-21-32/h7-23,26-29,34H,24-25H2,1-6H3. The minimum atomic E-state index is -0.224. The maximum absolute atomic E-state index is 7.17. The Kier molecular flexibility index (Phi) is 8.47. The van der Waals surface area contributed by atoms with E-state index in [0.717, 1.165) is 18.8 Å². The highest BCUT2D eigenvalue weighted by molar-refractivity contribution is 5.55. The molecule has 2 nitrogen and oxygen atoms in total. The van der Waals surface area contributed by atoms with Gasteiger partial charge in [0.25, 0.3) is 0 Å². The molecule has 1 fully saturated rings. The van der Waals surface area contributed by atoms with E-state index in [-0.39, 0.29) is 29.5 Å². The summed E-state index contributed by atoms with van der Waals surface area (Å²) < 4.78 is 13.2. The lowest BCUT2D eigenvalue weighted by molar-refractivity contribution is 0.0519. The first-order valence-electron chi connectivity index (χ1n) is 14.9. The second kappa shape index (κ2) is 12.0. The van der Waals surface area contributed by atoms with Crippen molar-refractivity contribution >= 4 is 0 Å². The summed E-state index contributed by atoms with van der Waals surface area (Å²) in [4.78, 5) is 0. The van der Waals surface area contributed by atoms with Gasteiger partial charge in [-0.1, -0.05) is 124 Å². The molecular weight excluding hydrogens is 488 g/mol. The third kappa shape index (κ3) is 6.18. The monoisotopic (exact) mass is 532 g/mol. The number of ether oxygens (including phenoxy) is 2. The molecule has 0 N–H and O–H groups in total. The number of hydrogen-bond donors (Lipinski definition) is 0. The number of rotatable bonds is 11. The zero-order chi connectivity index (χ0) is 28.3. The zero-order valence-corrected chi connectivity index (χ0v) is 24.9. The van der Waals surface area contributed by atoms with Crippen molar-refractivity contribution in [3.63, 3.8) is 0 Å². The summed E-state index contributed by atoms with van der Waals surface area (Å²) in [6.45, 7) is 14.2. The van der Waals surface area contributed by atoms with Crippen LogP contribution in [0.15, 0.2) is 103 Å². The molecule has 40 heavy (non-hydrogen) atoms. The van der Waals surface area contributed by atoms with Crippen molar-refractivity contribution in [3.05, 3.63) is 137 Å². The number of benzene rings is 4. The molecule has 0 spiro atoms. The summed E-state index contributed by atoms with van der Waals surface area (Å²) in [5.41, 5.74) is 7.56. The zero-order valence-electron chi connectivity index (χ0n) is 24.9. The molecule has 4 aromatic rings. The van der Waals surface area contributed by atoms with Crippen LogP contribution in [0.3, 0.4) is 0 Å². The van der Waals surface area contributed by atoms with E-state index in [4.69, 9.17) is 9.47 Å². The van der Waals surface area contributed by atoms with Gasteiger partial charge in [-0.25, -0.2) is 0 Å². The van der Waals surface area contributed by atoms with Crippen LogP contribution in [0, 0.1) is 5.92 Å². The fourth-order valence-electron chi connectivity index (χ4n) is 5.82. The first-order chi connectivity index (χ1) is 19.3. The van der Waals surface area contributed by atoms with Gasteiger partial charge in [-0.05, 0) is 49.4 Å². The maximum atomic E-state index is 7.17. The van der Waals surface area contributed by atoms with E-state index in [1.54, 1.807) is 0 Å². The fraction of sp³-hybridized carbons (Fsp3) is 0.368. The van der Waals surface area contributed by atoms with Crippen molar-refractivity contribution in [1.82, 2.24) is 0 Å². The lowest BCUT2D eigenvalue weighted by Crippen LogP contribution is -2.22. The molecule has 1 saturated carbocycles. The molecule has 1 aliphatic rings. The van der Waals surface area contributed by atoms with Crippen molar-refractivity contribution < 1.29 is 9.47 Å². The summed E-state index contributed by atoms with van der Waals surface area (Å²) in [6.07, 6.45) is 1.24. The topological polar surface area (TPSA) is 18.5 Å². The van der Waals surface area contributed by atoms with E-state index >= 15 is 0 Å². The first kappa shape index (κ1) is 28.2. The van der Waals surface area contributed by atoms with E-state index in [1.807, 2.05) is 0 Å². The van der Waals surface area contributed by atoms with Gasteiger partial charge < -0.3 is 9.47 Å². The van der Waals surface area contributed by atoms with E-state index in [9.17, 15) is 0 Å². The SMILES string of the molecule is CC(C)OCC1CC1(C)Oc1c(C(C)c2ccccc2)cc(C(C)c2ccccc2)cc1C(C)c1ccccc1. The van der Waals surface area contributed by atoms with Crippen molar-refractivity contribution in [2.75, 3.05) is 6.61 Å². The molecule has 0 aliphatic heterocycles. The molecule has 0 heterocycles. The predicted molar refractivity (Wildman–Crippen MR) is 167 cm³/mol. The molecule has 5 rings (SSSR count). The Morgan fingerprint density at radius 3 is 1.48 bits per heavy atom. The van der Waals surface area contributed by atoms with Gasteiger partial charge in [0.15, 0.2) is 0 Å². The van der Waals surface area contributed by atoms with Gasteiger partial charge >= 0.3 is 0 Å². The molecule has 4 aromatic carbocycles. The Labute approximate surface area is 241 Å². The van der Waals surface area contributed by atoms with Crippen LogP contribution in [-0.2, 0) is 4.74 Å². The van der Waals surface area contributed by atoms with Crippen molar-refractivity contribution in [1.29, 1.82) is 0 Å². The highest BCUT2D eigenvalue weighted by Crippen LogP contribution is 2.51. The minimum absolute atomic E-state index is 0.188. The fourth-order valence-corrected chi connectivity index (χ4v) is 5.82. The second-order valence-electron chi connectivity index (χ2n) is 12.1. The van der Waals surface area contributed by atoms with E-state index in [1.165, 1.54) is 33.4 Å². The summed E-state index contributed by atoms with van der Waals surface area (Å²) in [7, 11) is 0. The lowest BCUT2D eigenvalue weighted by Gasteiger charge is -2.29. The third-order valence-corrected chi connectivity index (χ3v) is 8.82. The molecule has 0 bridgehead atoms. The van der Waals surface area contributed by atoms with Gasteiger partial charge in [0, 0.05) is 34.8 Å². The minimum Gasteiger partial charge on any atom is -0.487 e. The van der Waals surface area contributed by atoms with Gasteiger partial charge in [0.1, 0.15) is 11.4 Å². The normalized spacial score (nSPS) is 20.6. The maximum Gasteiger partial charge on any atom is 0.127 e. The average molecular weight is 533 g/mol. The molecule has 0 radical (unpaired) electrons. The molecule has 208 valence electrons. The molecule has 5 unspecified atom stereocenters. The van der Waals surface area contributed by atoms with E-state index < -0.39 is 0 Å². The summed E-state index contributed by atoms with van der Waals surface area (Å²) in [5.74, 6) is 2.09. The second-order valence-corrected chi connectivity index (χ2v) is 12.1. The van der Waals surface area contributed by atoms with E-state index in [0.29, 0.717) is 5.92 Å². The van der Waals surface area contributed by atoms with Crippen LogP contribution < -0.4 is 4.74 Å². The largest absolute Gasteiger partial charge is 0.487 e. The predicted octanol–water partition coefficient (Wildman–Crippen LogP) is 9.72. The Hall–Kier alpha value is -3.36. The Morgan fingerprint density at radius 1 is 0.625 bits per heavy atom. The smallest absolute Gasteiger partial charge is 0.127 e. The van der Waals surface area contributed by atoms with Crippen LogP contribution in [0.25, 0.3) is 0 Å². The number of hydrogen-bond acceptors (Lipinski definition) is 2. The first-order valence-corrected chi connectivity index (χ1v) is 14.9. The van der Waals surface area contributed by atoms with Crippen LogP contribution in [0.1, 0.15) is 99.1 Å². The van der Waals surface area contributed by atoms with Crippen LogP contribution in [0.2, 0.25) is 0 Å². The molecule has 0 amide bonds. The molecule has 5 atom stereocenters. The van der Waals surface area contributed by atoms with Gasteiger partial charge in [-0.15, -0.1) is 0 Å². The van der Waals surface area contributed by atoms with Gasteiger partial charge in [-0.2, -0.15) is 0 Å². The Balaban J connectivity index is 1.65. The van der Waals surface area contributed by atoms with Crippen molar-refractivity contribution in [2.24, 2.45) is 5.92 Å². The highest BCUT2D eigenvalue weighted by atomic mass is 16.5. The van der Waals surface area contributed by atoms with Crippen LogP contribution in [0.5, 0.6) is 5.75 Å². The summed E-state index contributed by atoms with van der Waals surface area (Å²) in [6, 6.07) is 37.3. The van der Waals surface area contributed by atoms with Gasteiger partial charge in [0.05, 0.1) is 12.7 Å². The van der Waals surface area contributed by atoms with Crippen LogP contribution in [0.4, 0.5) is 0 Å². The van der Waals surface area contributed by atoms with Gasteiger partial charge in [0.2, 0.25) is 0 Å². The third-order valence-electron chi connectivity index (χ3n) is 8.82. The highest BCUT2D eigenvalue weighted by Gasteiger charge is 2.53. The summed E-state index contributed by atoms with van der Waals surface area (Å²) >= 11 is 0. The van der Waals surface area contributed by atoms with Crippen molar-refractivity contribution in [3.8, 4) is 5.75 Å². The molecule has 0 saturated heterocycles. The average Bonchev–Trinajstić information content (AvgIpc) is 3.65. The molecular formula is C38H44O2.